The van der Waals surface area contributed by atoms with Gasteiger partial charge in [-0.05, 0) is 35.1 Å². The van der Waals surface area contributed by atoms with Crippen LogP contribution in [0, 0.1) is 0 Å². The molecule has 0 bridgehead atoms. The third kappa shape index (κ3) is 4.01. The molecule has 1 fully saturated rings. The first-order valence-corrected chi connectivity index (χ1v) is 10.2. The summed E-state index contributed by atoms with van der Waals surface area (Å²) in [5.41, 5.74) is 4.37. The van der Waals surface area contributed by atoms with Crippen LogP contribution < -0.4 is 5.32 Å². The Morgan fingerprint density at radius 1 is 1.00 bits per heavy atom. The van der Waals surface area contributed by atoms with Crippen LogP contribution in [0.1, 0.15) is 36.3 Å². The second-order valence-electron chi connectivity index (χ2n) is 7.65. The molecule has 0 saturated carbocycles. The Bertz CT molecular complexity index is 922. The minimum Gasteiger partial charge on any atom is -0.480 e. The second kappa shape index (κ2) is 8.57. The molecule has 2 aliphatic rings. The quantitative estimate of drug-likeness (QED) is 0.766. The number of carbonyl (C=O) groups excluding carboxylic acids is 2. The molecular formula is C23H24N2O5. The first-order valence-electron chi connectivity index (χ1n) is 10.2. The molecule has 2 aromatic rings. The Kier molecular flexibility index (Phi) is 5.70. The largest absolute Gasteiger partial charge is 0.480 e. The van der Waals surface area contributed by atoms with Crippen LogP contribution in [-0.4, -0.2) is 53.7 Å². The fourth-order valence-electron chi connectivity index (χ4n) is 4.25. The predicted molar refractivity (Wildman–Crippen MR) is 110 cm³/mol. The third-order valence-electron chi connectivity index (χ3n) is 5.77. The lowest BCUT2D eigenvalue weighted by atomic mass is 9.98. The van der Waals surface area contributed by atoms with E-state index < -0.39 is 18.1 Å². The number of nitrogens with zero attached hydrogens (tertiary/aromatic N) is 1. The molecule has 1 saturated heterocycles. The number of hydrogen-bond donors (Lipinski definition) is 2. The Morgan fingerprint density at radius 3 is 2.13 bits per heavy atom. The highest BCUT2D eigenvalue weighted by atomic mass is 16.5. The topological polar surface area (TPSA) is 95.9 Å². The molecule has 0 spiro atoms. The summed E-state index contributed by atoms with van der Waals surface area (Å²) in [4.78, 5) is 37.7. The van der Waals surface area contributed by atoms with Gasteiger partial charge in [-0.25, -0.2) is 9.59 Å². The SMILES string of the molecule is O=C(N[C@H](CC(=O)N1CCCC1)C(=O)O)OCC1c2ccccc2-c2ccccc21. The summed E-state index contributed by atoms with van der Waals surface area (Å²) in [5, 5.41) is 11.7. The summed E-state index contributed by atoms with van der Waals surface area (Å²) in [6.45, 7) is 1.36. The zero-order valence-electron chi connectivity index (χ0n) is 16.5. The van der Waals surface area contributed by atoms with E-state index in [0.29, 0.717) is 13.1 Å². The molecule has 30 heavy (non-hydrogen) atoms. The zero-order valence-corrected chi connectivity index (χ0v) is 16.5. The van der Waals surface area contributed by atoms with Gasteiger partial charge in [-0.15, -0.1) is 0 Å². The number of hydrogen-bond acceptors (Lipinski definition) is 4. The van der Waals surface area contributed by atoms with Crippen LogP contribution in [0.2, 0.25) is 0 Å². The van der Waals surface area contributed by atoms with Gasteiger partial charge < -0.3 is 20.1 Å². The molecule has 0 unspecified atom stereocenters. The van der Waals surface area contributed by atoms with E-state index in [-0.39, 0.29) is 24.9 Å². The third-order valence-corrected chi connectivity index (χ3v) is 5.77. The molecule has 1 aliphatic heterocycles. The standard InChI is InChI=1S/C23H24N2O5/c26-21(25-11-5-6-12-25)13-20(22(27)28)24-23(29)30-14-19-17-9-3-1-7-15(17)16-8-2-4-10-18(16)19/h1-4,7-10,19-20H,5-6,11-14H2,(H,24,29)(H,27,28)/t20-/m1/s1. The number of carbonyl (C=O) groups is 3. The Hall–Kier alpha value is -3.35. The van der Waals surface area contributed by atoms with Crippen molar-refractivity contribution in [2.75, 3.05) is 19.7 Å². The first kappa shape index (κ1) is 19.9. The van der Waals surface area contributed by atoms with E-state index in [9.17, 15) is 19.5 Å². The molecule has 1 atom stereocenters. The summed E-state index contributed by atoms with van der Waals surface area (Å²) in [6.07, 6.45) is 0.727. The average molecular weight is 408 g/mol. The fourth-order valence-corrected chi connectivity index (χ4v) is 4.25. The van der Waals surface area contributed by atoms with Crippen molar-refractivity contribution in [3.05, 3.63) is 59.7 Å². The average Bonchev–Trinajstić information content (AvgIpc) is 3.39. The molecular weight excluding hydrogens is 384 g/mol. The summed E-state index contributed by atoms with van der Waals surface area (Å²) in [6, 6.07) is 14.6. The lowest BCUT2D eigenvalue weighted by Crippen LogP contribution is -2.45. The molecule has 1 heterocycles. The van der Waals surface area contributed by atoms with Gasteiger partial charge in [-0.3, -0.25) is 4.79 Å². The van der Waals surface area contributed by atoms with E-state index in [4.69, 9.17) is 4.74 Å². The van der Waals surface area contributed by atoms with Crippen LogP contribution in [-0.2, 0) is 14.3 Å². The van der Waals surface area contributed by atoms with Crippen molar-refractivity contribution in [1.82, 2.24) is 10.2 Å². The summed E-state index contributed by atoms with van der Waals surface area (Å²) in [5.74, 6) is -1.63. The lowest BCUT2D eigenvalue weighted by molar-refractivity contribution is -0.143. The molecule has 2 N–H and O–H groups in total. The van der Waals surface area contributed by atoms with Crippen molar-refractivity contribution in [2.45, 2.75) is 31.2 Å². The summed E-state index contributed by atoms with van der Waals surface area (Å²) < 4.78 is 5.39. The Balaban J connectivity index is 1.39. The maximum atomic E-state index is 12.3. The number of benzene rings is 2. The molecule has 2 aromatic carbocycles. The number of aliphatic carboxylic acids is 1. The van der Waals surface area contributed by atoms with Gasteiger partial charge in [0.2, 0.25) is 5.91 Å². The van der Waals surface area contributed by atoms with Gasteiger partial charge in [0.25, 0.3) is 0 Å². The summed E-state index contributed by atoms with van der Waals surface area (Å²) >= 11 is 0. The molecule has 1 aliphatic carbocycles. The number of carboxylic acid groups (broad SMARTS) is 1. The highest BCUT2D eigenvalue weighted by Gasteiger charge is 2.31. The minimum absolute atomic E-state index is 0.0896. The number of rotatable bonds is 6. The number of nitrogens with one attached hydrogen (secondary N) is 1. The minimum atomic E-state index is -1.31. The molecule has 156 valence electrons. The molecule has 7 nitrogen and oxygen atoms in total. The smallest absolute Gasteiger partial charge is 0.407 e. The van der Waals surface area contributed by atoms with E-state index in [0.717, 1.165) is 35.1 Å². The van der Waals surface area contributed by atoms with Crippen LogP contribution in [0.3, 0.4) is 0 Å². The van der Waals surface area contributed by atoms with Crippen molar-refractivity contribution < 1.29 is 24.2 Å². The highest BCUT2D eigenvalue weighted by Crippen LogP contribution is 2.44. The van der Waals surface area contributed by atoms with Crippen LogP contribution in [0.5, 0.6) is 0 Å². The number of amides is 2. The van der Waals surface area contributed by atoms with Gasteiger partial charge in [0.15, 0.2) is 0 Å². The second-order valence-corrected chi connectivity index (χ2v) is 7.65. The maximum absolute atomic E-state index is 12.3. The number of ether oxygens (including phenoxy) is 1. The van der Waals surface area contributed by atoms with E-state index in [1.165, 1.54) is 0 Å². The van der Waals surface area contributed by atoms with Gasteiger partial charge in [0, 0.05) is 19.0 Å². The first-order chi connectivity index (χ1) is 14.5. The zero-order chi connectivity index (χ0) is 21.1. The van der Waals surface area contributed by atoms with Crippen molar-refractivity contribution >= 4 is 18.0 Å². The fraction of sp³-hybridized carbons (Fsp3) is 0.348. The highest BCUT2D eigenvalue weighted by molar-refractivity contribution is 5.87. The van der Waals surface area contributed by atoms with Crippen LogP contribution in [0.15, 0.2) is 48.5 Å². The number of likely N-dealkylation sites (tertiary alicyclic amines) is 1. The monoisotopic (exact) mass is 408 g/mol. The van der Waals surface area contributed by atoms with Crippen molar-refractivity contribution in [2.24, 2.45) is 0 Å². The Labute approximate surface area is 174 Å². The molecule has 0 aromatic heterocycles. The van der Waals surface area contributed by atoms with Crippen molar-refractivity contribution in [3.8, 4) is 11.1 Å². The van der Waals surface area contributed by atoms with E-state index in [1.54, 1.807) is 4.90 Å². The molecule has 2 amide bonds. The summed E-state index contributed by atoms with van der Waals surface area (Å²) in [7, 11) is 0. The van der Waals surface area contributed by atoms with E-state index in [1.807, 2.05) is 48.5 Å². The number of carboxylic acids is 1. The number of alkyl carbamates (subject to hydrolysis) is 1. The lowest BCUT2D eigenvalue weighted by Gasteiger charge is -2.20. The van der Waals surface area contributed by atoms with Gasteiger partial charge in [0.1, 0.15) is 12.6 Å². The molecule has 4 rings (SSSR count). The number of fused-ring (bicyclic) bond motifs is 3. The van der Waals surface area contributed by atoms with Crippen molar-refractivity contribution in [3.63, 3.8) is 0 Å². The predicted octanol–water partition coefficient (Wildman–Crippen LogP) is 2.99. The van der Waals surface area contributed by atoms with Crippen molar-refractivity contribution in [1.29, 1.82) is 0 Å². The van der Waals surface area contributed by atoms with Gasteiger partial charge >= 0.3 is 12.1 Å². The molecule has 0 radical (unpaired) electrons. The molecule has 7 heteroatoms. The van der Waals surface area contributed by atoms with Gasteiger partial charge in [-0.1, -0.05) is 48.5 Å². The van der Waals surface area contributed by atoms with Gasteiger partial charge in [0.05, 0.1) is 6.42 Å². The van der Waals surface area contributed by atoms with E-state index in [2.05, 4.69) is 5.32 Å². The normalized spacial score (nSPS) is 15.9. The van der Waals surface area contributed by atoms with Gasteiger partial charge in [-0.2, -0.15) is 0 Å². The Morgan fingerprint density at radius 2 is 1.57 bits per heavy atom. The maximum Gasteiger partial charge on any atom is 0.407 e. The van der Waals surface area contributed by atoms with E-state index >= 15 is 0 Å². The van der Waals surface area contributed by atoms with Crippen LogP contribution in [0.25, 0.3) is 11.1 Å². The van der Waals surface area contributed by atoms with Crippen LogP contribution >= 0.6 is 0 Å². The van der Waals surface area contributed by atoms with Crippen LogP contribution in [0.4, 0.5) is 4.79 Å².